The topological polar surface area (TPSA) is 44.5 Å². The molecule has 3 heteroatoms. The SMILES string of the molecule is COc1cc2ccccc2cc1OCCN. The summed E-state index contributed by atoms with van der Waals surface area (Å²) in [5, 5.41) is 2.27. The molecule has 2 N–H and O–H groups in total. The van der Waals surface area contributed by atoms with Crippen molar-refractivity contribution >= 4 is 10.8 Å². The number of fused-ring (bicyclic) bond motifs is 1. The fraction of sp³-hybridized carbons (Fsp3) is 0.231. The molecule has 0 saturated heterocycles. The van der Waals surface area contributed by atoms with Crippen LogP contribution in [0.4, 0.5) is 0 Å². The molecule has 0 aliphatic rings. The lowest BCUT2D eigenvalue weighted by Gasteiger charge is -2.11. The van der Waals surface area contributed by atoms with Crippen LogP contribution in [0.15, 0.2) is 36.4 Å². The number of rotatable bonds is 4. The van der Waals surface area contributed by atoms with Crippen LogP contribution in [-0.4, -0.2) is 20.3 Å². The van der Waals surface area contributed by atoms with Crippen LogP contribution in [0.5, 0.6) is 11.5 Å². The van der Waals surface area contributed by atoms with Crippen LogP contribution in [0.1, 0.15) is 0 Å². The molecule has 16 heavy (non-hydrogen) atoms. The standard InChI is InChI=1S/C13H15NO2/c1-15-12-8-10-4-2-3-5-11(10)9-13(12)16-7-6-14/h2-5,8-9H,6-7,14H2,1H3. The Kier molecular flexibility index (Phi) is 3.27. The third kappa shape index (κ3) is 2.09. The van der Waals surface area contributed by atoms with Gasteiger partial charge in [-0.1, -0.05) is 24.3 Å². The first-order valence-electron chi connectivity index (χ1n) is 5.25. The average molecular weight is 217 g/mol. The molecular formula is C13H15NO2. The summed E-state index contributed by atoms with van der Waals surface area (Å²) in [4.78, 5) is 0. The Morgan fingerprint density at radius 2 is 1.69 bits per heavy atom. The molecule has 0 unspecified atom stereocenters. The maximum atomic E-state index is 5.54. The quantitative estimate of drug-likeness (QED) is 0.853. The van der Waals surface area contributed by atoms with Gasteiger partial charge in [0.2, 0.25) is 0 Å². The number of hydrogen-bond acceptors (Lipinski definition) is 3. The molecule has 0 radical (unpaired) electrons. The molecule has 2 aromatic rings. The van der Waals surface area contributed by atoms with Gasteiger partial charge in [-0.05, 0) is 22.9 Å². The largest absolute Gasteiger partial charge is 0.493 e. The number of ether oxygens (including phenoxy) is 2. The molecule has 2 rings (SSSR count). The lowest BCUT2D eigenvalue weighted by molar-refractivity contribution is 0.303. The number of hydrogen-bond donors (Lipinski definition) is 1. The van der Waals surface area contributed by atoms with Crippen LogP contribution < -0.4 is 15.2 Å². The van der Waals surface area contributed by atoms with Crippen molar-refractivity contribution < 1.29 is 9.47 Å². The third-order valence-corrected chi connectivity index (χ3v) is 2.41. The van der Waals surface area contributed by atoms with E-state index in [0.29, 0.717) is 13.2 Å². The Bertz CT molecular complexity index is 482. The van der Waals surface area contributed by atoms with Gasteiger partial charge in [0.1, 0.15) is 6.61 Å². The Hall–Kier alpha value is -1.74. The fourth-order valence-corrected chi connectivity index (χ4v) is 1.64. The van der Waals surface area contributed by atoms with Gasteiger partial charge < -0.3 is 15.2 Å². The Morgan fingerprint density at radius 3 is 2.25 bits per heavy atom. The summed E-state index contributed by atoms with van der Waals surface area (Å²) in [7, 11) is 1.64. The molecule has 0 saturated carbocycles. The zero-order chi connectivity index (χ0) is 11.4. The molecule has 0 aliphatic carbocycles. The van der Waals surface area contributed by atoms with Crippen molar-refractivity contribution in [2.24, 2.45) is 5.73 Å². The molecule has 0 amide bonds. The van der Waals surface area contributed by atoms with Gasteiger partial charge in [0.15, 0.2) is 11.5 Å². The zero-order valence-electron chi connectivity index (χ0n) is 9.27. The first-order valence-corrected chi connectivity index (χ1v) is 5.25. The summed E-state index contributed by atoms with van der Waals surface area (Å²) in [5.41, 5.74) is 5.41. The van der Waals surface area contributed by atoms with Gasteiger partial charge in [0.05, 0.1) is 7.11 Å². The predicted molar refractivity (Wildman–Crippen MR) is 65.0 cm³/mol. The molecule has 0 fully saturated rings. The van der Waals surface area contributed by atoms with Crippen LogP contribution in [-0.2, 0) is 0 Å². The first kappa shape index (κ1) is 10.8. The monoisotopic (exact) mass is 217 g/mol. The van der Waals surface area contributed by atoms with Gasteiger partial charge in [-0.15, -0.1) is 0 Å². The molecule has 0 spiro atoms. The maximum absolute atomic E-state index is 5.54. The van der Waals surface area contributed by atoms with E-state index >= 15 is 0 Å². The molecule has 0 heterocycles. The van der Waals surface area contributed by atoms with E-state index in [-0.39, 0.29) is 0 Å². The zero-order valence-corrected chi connectivity index (χ0v) is 9.27. The van der Waals surface area contributed by atoms with E-state index in [2.05, 4.69) is 0 Å². The van der Waals surface area contributed by atoms with E-state index in [4.69, 9.17) is 15.2 Å². The van der Waals surface area contributed by atoms with E-state index in [1.165, 1.54) is 0 Å². The summed E-state index contributed by atoms with van der Waals surface area (Å²) in [5.74, 6) is 1.49. The van der Waals surface area contributed by atoms with Crippen molar-refractivity contribution in [1.82, 2.24) is 0 Å². The number of methoxy groups -OCH3 is 1. The summed E-state index contributed by atoms with van der Waals surface area (Å²) >= 11 is 0. The van der Waals surface area contributed by atoms with Gasteiger partial charge in [-0.3, -0.25) is 0 Å². The Labute approximate surface area is 94.8 Å². The van der Waals surface area contributed by atoms with Crippen molar-refractivity contribution in [3.63, 3.8) is 0 Å². The van der Waals surface area contributed by atoms with Crippen LogP contribution in [0.2, 0.25) is 0 Å². The van der Waals surface area contributed by atoms with E-state index < -0.39 is 0 Å². The highest BCUT2D eigenvalue weighted by molar-refractivity contribution is 5.86. The van der Waals surface area contributed by atoms with Crippen molar-refractivity contribution in [2.75, 3.05) is 20.3 Å². The summed E-state index contributed by atoms with van der Waals surface area (Å²) < 4.78 is 10.8. The predicted octanol–water partition coefficient (Wildman–Crippen LogP) is 2.19. The smallest absolute Gasteiger partial charge is 0.161 e. The van der Waals surface area contributed by atoms with Crippen molar-refractivity contribution in [1.29, 1.82) is 0 Å². The highest BCUT2D eigenvalue weighted by atomic mass is 16.5. The second-order valence-corrected chi connectivity index (χ2v) is 3.49. The van der Waals surface area contributed by atoms with E-state index in [9.17, 15) is 0 Å². The maximum Gasteiger partial charge on any atom is 0.161 e. The highest BCUT2D eigenvalue weighted by Crippen LogP contribution is 2.32. The number of nitrogens with two attached hydrogens (primary N) is 1. The summed E-state index contributed by atoms with van der Waals surface area (Å²) in [6.45, 7) is 0.991. The summed E-state index contributed by atoms with van der Waals surface area (Å²) in [6, 6.07) is 12.0. The van der Waals surface area contributed by atoms with Crippen molar-refractivity contribution in [3.8, 4) is 11.5 Å². The van der Waals surface area contributed by atoms with Crippen molar-refractivity contribution in [3.05, 3.63) is 36.4 Å². The Morgan fingerprint density at radius 1 is 1.06 bits per heavy atom. The highest BCUT2D eigenvalue weighted by Gasteiger charge is 2.05. The minimum absolute atomic E-state index is 0.495. The minimum Gasteiger partial charge on any atom is -0.493 e. The third-order valence-electron chi connectivity index (χ3n) is 2.41. The lowest BCUT2D eigenvalue weighted by Crippen LogP contribution is -2.11. The Balaban J connectivity index is 2.45. The van der Waals surface area contributed by atoms with E-state index in [1.54, 1.807) is 7.11 Å². The van der Waals surface area contributed by atoms with Gasteiger partial charge in [0, 0.05) is 6.54 Å². The molecule has 84 valence electrons. The average Bonchev–Trinajstić information content (AvgIpc) is 2.35. The van der Waals surface area contributed by atoms with Crippen LogP contribution >= 0.6 is 0 Å². The fourth-order valence-electron chi connectivity index (χ4n) is 1.64. The van der Waals surface area contributed by atoms with Crippen LogP contribution in [0, 0.1) is 0 Å². The molecule has 0 aromatic heterocycles. The molecule has 0 aliphatic heterocycles. The minimum atomic E-state index is 0.495. The second-order valence-electron chi connectivity index (χ2n) is 3.49. The van der Waals surface area contributed by atoms with Gasteiger partial charge in [0.25, 0.3) is 0 Å². The van der Waals surface area contributed by atoms with E-state index in [1.807, 2.05) is 36.4 Å². The lowest BCUT2D eigenvalue weighted by atomic mass is 10.1. The van der Waals surface area contributed by atoms with Gasteiger partial charge in [-0.2, -0.15) is 0 Å². The van der Waals surface area contributed by atoms with E-state index in [0.717, 1.165) is 22.3 Å². The molecule has 0 bridgehead atoms. The van der Waals surface area contributed by atoms with Gasteiger partial charge in [-0.25, -0.2) is 0 Å². The molecule has 2 aromatic carbocycles. The normalized spacial score (nSPS) is 10.4. The molecule has 3 nitrogen and oxygen atoms in total. The first-order chi connectivity index (χ1) is 7.85. The van der Waals surface area contributed by atoms with Gasteiger partial charge >= 0.3 is 0 Å². The summed E-state index contributed by atoms with van der Waals surface area (Å²) in [6.07, 6.45) is 0. The van der Waals surface area contributed by atoms with Crippen LogP contribution in [0.25, 0.3) is 10.8 Å². The van der Waals surface area contributed by atoms with Crippen molar-refractivity contribution in [2.45, 2.75) is 0 Å². The molecule has 0 atom stereocenters. The molecular weight excluding hydrogens is 202 g/mol. The second kappa shape index (κ2) is 4.86. The number of benzene rings is 2. The van der Waals surface area contributed by atoms with Crippen LogP contribution in [0.3, 0.4) is 0 Å².